The van der Waals surface area contributed by atoms with Crippen molar-refractivity contribution in [1.82, 2.24) is 5.32 Å². The van der Waals surface area contributed by atoms with E-state index in [9.17, 15) is 0 Å². The van der Waals surface area contributed by atoms with Gasteiger partial charge in [0.15, 0.2) is 0 Å². The molecule has 22 heavy (non-hydrogen) atoms. The van der Waals surface area contributed by atoms with E-state index in [1.807, 2.05) is 13.1 Å². The zero-order chi connectivity index (χ0) is 16.0. The SMILES string of the molecule is CNCc1ccc(CC=CC#CC(C)(C)C)c2ccccc12. The van der Waals surface area contributed by atoms with E-state index in [0.29, 0.717) is 0 Å². The first-order valence-corrected chi connectivity index (χ1v) is 7.83. The lowest BCUT2D eigenvalue weighted by atomic mass is 9.97. The van der Waals surface area contributed by atoms with E-state index in [1.54, 1.807) is 0 Å². The van der Waals surface area contributed by atoms with Crippen molar-refractivity contribution >= 4 is 10.8 Å². The first-order chi connectivity index (χ1) is 10.5. The fourth-order valence-corrected chi connectivity index (χ4v) is 2.45. The predicted molar refractivity (Wildman–Crippen MR) is 96.8 cm³/mol. The quantitative estimate of drug-likeness (QED) is 0.805. The number of fused-ring (bicyclic) bond motifs is 1. The standard InChI is InChI=1S/C21H25N/c1-21(2,3)15-9-5-6-10-17-13-14-18(16-22-4)20-12-8-7-11-19(17)20/h5-8,11-14,22H,10,16H2,1-4H3. The highest BCUT2D eigenvalue weighted by Crippen LogP contribution is 2.23. The molecule has 0 aliphatic rings. The summed E-state index contributed by atoms with van der Waals surface area (Å²) in [5, 5.41) is 5.91. The van der Waals surface area contributed by atoms with E-state index < -0.39 is 0 Å². The van der Waals surface area contributed by atoms with Crippen LogP contribution in [0.1, 0.15) is 31.9 Å². The van der Waals surface area contributed by atoms with Gasteiger partial charge in [-0.15, -0.1) is 0 Å². The van der Waals surface area contributed by atoms with E-state index in [4.69, 9.17) is 0 Å². The van der Waals surface area contributed by atoms with Crippen LogP contribution >= 0.6 is 0 Å². The summed E-state index contributed by atoms with van der Waals surface area (Å²) in [5.41, 5.74) is 2.76. The van der Waals surface area contributed by atoms with Gasteiger partial charge in [-0.25, -0.2) is 0 Å². The first-order valence-electron chi connectivity index (χ1n) is 7.83. The number of hydrogen-bond donors (Lipinski definition) is 1. The van der Waals surface area contributed by atoms with Gasteiger partial charge in [0.1, 0.15) is 0 Å². The highest BCUT2D eigenvalue weighted by Gasteiger charge is 2.04. The summed E-state index contributed by atoms with van der Waals surface area (Å²) in [6.07, 6.45) is 5.04. The highest BCUT2D eigenvalue weighted by atomic mass is 14.8. The second kappa shape index (κ2) is 7.29. The largest absolute Gasteiger partial charge is 0.316 e. The van der Waals surface area contributed by atoms with E-state index in [1.165, 1.54) is 21.9 Å². The molecule has 0 aliphatic carbocycles. The Labute approximate surface area is 134 Å². The fraction of sp³-hybridized carbons (Fsp3) is 0.333. The van der Waals surface area contributed by atoms with Gasteiger partial charge in [0.2, 0.25) is 0 Å². The van der Waals surface area contributed by atoms with E-state index in [2.05, 4.69) is 80.4 Å². The summed E-state index contributed by atoms with van der Waals surface area (Å²) in [6, 6.07) is 13.1. The summed E-state index contributed by atoms with van der Waals surface area (Å²) in [6.45, 7) is 7.28. The fourth-order valence-electron chi connectivity index (χ4n) is 2.45. The molecule has 0 saturated carbocycles. The molecule has 2 aromatic rings. The highest BCUT2D eigenvalue weighted by molar-refractivity contribution is 5.88. The van der Waals surface area contributed by atoms with Crippen molar-refractivity contribution in [3.63, 3.8) is 0 Å². The normalized spacial score (nSPS) is 11.6. The second-order valence-corrected chi connectivity index (χ2v) is 6.59. The van der Waals surface area contributed by atoms with Crippen molar-refractivity contribution in [2.24, 2.45) is 5.41 Å². The third kappa shape index (κ3) is 4.48. The number of allylic oxidation sites excluding steroid dienone is 2. The molecule has 0 heterocycles. The van der Waals surface area contributed by atoms with Crippen LogP contribution in [0.4, 0.5) is 0 Å². The first kappa shape index (κ1) is 16.3. The molecule has 114 valence electrons. The minimum Gasteiger partial charge on any atom is -0.316 e. The van der Waals surface area contributed by atoms with Crippen molar-refractivity contribution < 1.29 is 0 Å². The topological polar surface area (TPSA) is 12.0 Å². The molecule has 0 aliphatic heterocycles. The van der Waals surface area contributed by atoms with Crippen molar-refractivity contribution in [3.05, 3.63) is 59.7 Å². The van der Waals surface area contributed by atoms with Crippen molar-refractivity contribution in [2.75, 3.05) is 7.05 Å². The van der Waals surface area contributed by atoms with Gasteiger partial charge in [0.25, 0.3) is 0 Å². The molecular formula is C21H25N. The van der Waals surface area contributed by atoms with Gasteiger partial charge in [-0.05, 0) is 62.2 Å². The smallest absolute Gasteiger partial charge is 0.0233 e. The van der Waals surface area contributed by atoms with Crippen LogP contribution in [0.5, 0.6) is 0 Å². The predicted octanol–water partition coefficient (Wildman–Crippen LogP) is 4.71. The number of hydrogen-bond acceptors (Lipinski definition) is 1. The lowest BCUT2D eigenvalue weighted by Crippen LogP contribution is -2.05. The molecule has 0 spiro atoms. The molecule has 0 unspecified atom stereocenters. The van der Waals surface area contributed by atoms with Gasteiger partial charge in [0, 0.05) is 12.0 Å². The summed E-state index contributed by atoms with van der Waals surface area (Å²) >= 11 is 0. The molecule has 0 bridgehead atoms. The van der Waals surface area contributed by atoms with Crippen LogP contribution in [-0.2, 0) is 13.0 Å². The summed E-state index contributed by atoms with van der Waals surface area (Å²) < 4.78 is 0. The van der Waals surface area contributed by atoms with Crippen molar-refractivity contribution in [1.29, 1.82) is 0 Å². The molecule has 0 fully saturated rings. The number of rotatable bonds is 4. The third-order valence-electron chi connectivity index (χ3n) is 3.46. The maximum absolute atomic E-state index is 3.24. The Morgan fingerprint density at radius 2 is 1.64 bits per heavy atom. The second-order valence-electron chi connectivity index (χ2n) is 6.59. The van der Waals surface area contributed by atoms with Crippen LogP contribution in [0.3, 0.4) is 0 Å². The van der Waals surface area contributed by atoms with Crippen LogP contribution < -0.4 is 5.32 Å². The molecular weight excluding hydrogens is 266 g/mol. The third-order valence-corrected chi connectivity index (χ3v) is 3.46. The molecule has 1 N–H and O–H groups in total. The van der Waals surface area contributed by atoms with Gasteiger partial charge in [-0.2, -0.15) is 0 Å². The Hall–Kier alpha value is -2.04. The van der Waals surface area contributed by atoms with Crippen molar-refractivity contribution in [2.45, 2.75) is 33.7 Å². The lowest BCUT2D eigenvalue weighted by Gasteiger charge is -2.10. The maximum atomic E-state index is 3.24. The van der Waals surface area contributed by atoms with Gasteiger partial charge in [-0.3, -0.25) is 0 Å². The van der Waals surface area contributed by atoms with Gasteiger partial charge in [-0.1, -0.05) is 54.3 Å². The van der Waals surface area contributed by atoms with Gasteiger partial charge < -0.3 is 5.32 Å². The molecule has 0 aromatic heterocycles. The number of nitrogens with one attached hydrogen (secondary N) is 1. The monoisotopic (exact) mass is 291 g/mol. The average molecular weight is 291 g/mol. The molecule has 0 radical (unpaired) electrons. The summed E-state index contributed by atoms with van der Waals surface area (Å²) in [5.74, 6) is 6.36. The van der Waals surface area contributed by atoms with E-state index in [-0.39, 0.29) is 5.41 Å². The molecule has 2 aromatic carbocycles. The minimum absolute atomic E-state index is 0.0613. The molecule has 1 heteroatoms. The molecule has 1 nitrogen and oxygen atoms in total. The Balaban J connectivity index is 2.23. The average Bonchev–Trinajstić information content (AvgIpc) is 2.48. The van der Waals surface area contributed by atoms with E-state index >= 15 is 0 Å². The van der Waals surface area contributed by atoms with Crippen molar-refractivity contribution in [3.8, 4) is 11.8 Å². The Morgan fingerprint density at radius 1 is 1.00 bits per heavy atom. The Morgan fingerprint density at radius 3 is 2.27 bits per heavy atom. The van der Waals surface area contributed by atoms with Crippen LogP contribution in [0.2, 0.25) is 0 Å². The minimum atomic E-state index is 0.0613. The zero-order valence-corrected chi connectivity index (χ0v) is 14.0. The summed E-state index contributed by atoms with van der Waals surface area (Å²) in [4.78, 5) is 0. The number of benzene rings is 2. The van der Waals surface area contributed by atoms with Gasteiger partial charge >= 0.3 is 0 Å². The zero-order valence-electron chi connectivity index (χ0n) is 14.0. The molecule has 0 amide bonds. The maximum Gasteiger partial charge on any atom is 0.0233 e. The Kier molecular flexibility index (Phi) is 5.41. The molecule has 0 atom stereocenters. The lowest BCUT2D eigenvalue weighted by molar-refractivity contribution is 0.571. The van der Waals surface area contributed by atoms with E-state index in [0.717, 1.165) is 13.0 Å². The van der Waals surface area contributed by atoms with Crippen LogP contribution in [-0.4, -0.2) is 7.05 Å². The van der Waals surface area contributed by atoms with Crippen LogP contribution in [0, 0.1) is 17.3 Å². The molecule has 2 rings (SSSR count). The van der Waals surface area contributed by atoms with Crippen LogP contribution in [0.25, 0.3) is 10.8 Å². The summed E-state index contributed by atoms with van der Waals surface area (Å²) in [7, 11) is 1.99. The Bertz CT molecular complexity index is 721. The van der Waals surface area contributed by atoms with Gasteiger partial charge in [0.05, 0.1) is 0 Å². The van der Waals surface area contributed by atoms with Crippen LogP contribution in [0.15, 0.2) is 48.6 Å². The molecule has 0 saturated heterocycles.